The fourth-order valence-corrected chi connectivity index (χ4v) is 4.26. The molecule has 3 aromatic rings. The minimum absolute atomic E-state index is 0.179. The van der Waals surface area contributed by atoms with Gasteiger partial charge < -0.3 is 15.0 Å². The Morgan fingerprint density at radius 2 is 1.85 bits per heavy atom. The van der Waals surface area contributed by atoms with E-state index in [1.165, 1.54) is 22.3 Å². The molecule has 33 heavy (non-hydrogen) atoms. The average Bonchev–Trinajstić information content (AvgIpc) is 3.34. The van der Waals surface area contributed by atoms with E-state index in [0.29, 0.717) is 13.0 Å². The van der Waals surface area contributed by atoms with Gasteiger partial charge in [0, 0.05) is 23.5 Å². The number of benzene rings is 2. The Morgan fingerprint density at radius 3 is 2.48 bits per heavy atom. The second-order valence-electron chi connectivity index (χ2n) is 7.69. The van der Waals surface area contributed by atoms with Gasteiger partial charge in [0.1, 0.15) is 17.6 Å². The van der Waals surface area contributed by atoms with Gasteiger partial charge in [-0.3, -0.25) is 9.59 Å². The van der Waals surface area contributed by atoms with Gasteiger partial charge in [0.15, 0.2) is 0 Å². The van der Waals surface area contributed by atoms with Crippen LogP contribution in [0.25, 0.3) is 0 Å². The van der Waals surface area contributed by atoms with E-state index in [2.05, 4.69) is 5.32 Å². The molecule has 1 N–H and O–H groups in total. The second kappa shape index (κ2) is 12.2. The first-order valence-corrected chi connectivity index (χ1v) is 11.9. The number of methoxy groups -OCH3 is 1. The third-order valence-corrected chi connectivity index (χ3v) is 6.24. The van der Waals surface area contributed by atoms with E-state index in [4.69, 9.17) is 4.74 Å². The summed E-state index contributed by atoms with van der Waals surface area (Å²) in [7, 11) is 1.59. The van der Waals surface area contributed by atoms with Crippen LogP contribution >= 0.6 is 11.3 Å². The summed E-state index contributed by atoms with van der Waals surface area (Å²) in [4.78, 5) is 29.1. The summed E-state index contributed by atoms with van der Waals surface area (Å²) in [5, 5.41) is 4.81. The van der Waals surface area contributed by atoms with Gasteiger partial charge in [-0.1, -0.05) is 49.7 Å². The molecule has 0 saturated carbocycles. The number of unbranched alkanes of at least 4 members (excludes halogenated alkanes) is 1. The van der Waals surface area contributed by atoms with E-state index in [9.17, 15) is 14.0 Å². The molecular formula is C26H29FN2O3S. The smallest absolute Gasteiger partial charge is 0.247 e. The van der Waals surface area contributed by atoms with Crippen molar-refractivity contribution in [2.24, 2.45) is 0 Å². The molecule has 7 heteroatoms. The van der Waals surface area contributed by atoms with Crippen molar-refractivity contribution in [3.8, 4) is 5.75 Å². The number of carbonyl (C=O) groups excluding carboxylic acids is 2. The first-order chi connectivity index (χ1) is 16.0. The van der Waals surface area contributed by atoms with Crippen LogP contribution in [0.2, 0.25) is 0 Å². The van der Waals surface area contributed by atoms with E-state index in [-0.39, 0.29) is 24.4 Å². The monoisotopic (exact) mass is 468 g/mol. The maximum atomic E-state index is 14.8. The van der Waals surface area contributed by atoms with Crippen LogP contribution in [0.15, 0.2) is 66.0 Å². The van der Waals surface area contributed by atoms with E-state index < -0.39 is 17.8 Å². The van der Waals surface area contributed by atoms with Gasteiger partial charge in [0.2, 0.25) is 11.8 Å². The molecule has 0 radical (unpaired) electrons. The maximum absolute atomic E-state index is 14.8. The van der Waals surface area contributed by atoms with Gasteiger partial charge in [0.25, 0.3) is 0 Å². The lowest BCUT2D eigenvalue weighted by Crippen LogP contribution is -2.45. The van der Waals surface area contributed by atoms with Crippen LogP contribution < -0.4 is 10.1 Å². The number of hydrogen-bond acceptors (Lipinski definition) is 4. The second-order valence-corrected chi connectivity index (χ2v) is 8.72. The Morgan fingerprint density at radius 1 is 1.09 bits per heavy atom. The van der Waals surface area contributed by atoms with E-state index in [1.807, 2.05) is 48.7 Å². The molecule has 0 aliphatic carbocycles. The van der Waals surface area contributed by atoms with Gasteiger partial charge >= 0.3 is 0 Å². The highest BCUT2D eigenvalue weighted by Gasteiger charge is 2.33. The number of hydrogen-bond donors (Lipinski definition) is 1. The highest BCUT2D eigenvalue weighted by molar-refractivity contribution is 7.10. The number of nitrogens with one attached hydrogen (secondary N) is 1. The molecular weight excluding hydrogens is 439 g/mol. The zero-order valence-electron chi connectivity index (χ0n) is 18.9. The van der Waals surface area contributed by atoms with Crippen molar-refractivity contribution in [1.29, 1.82) is 0 Å². The van der Waals surface area contributed by atoms with Crippen LogP contribution in [-0.2, 0) is 22.6 Å². The van der Waals surface area contributed by atoms with E-state index in [0.717, 1.165) is 22.6 Å². The molecule has 0 saturated heterocycles. The highest BCUT2D eigenvalue weighted by Crippen LogP contribution is 2.26. The molecule has 5 nitrogen and oxygen atoms in total. The number of carbonyl (C=O) groups is 2. The average molecular weight is 469 g/mol. The molecule has 0 unspecified atom stereocenters. The molecule has 0 fully saturated rings. The zero-order valence-corrected chi connectivity index (χ0v) is 19.7. The topological polar surface area (TPSA) is 58.6 Å². The molecule has 0 bridgehead atoms. The van der Waals surface area contributed by atoms with Gasteiger partial charge in [-0.15, -0.1) is 11.3 Å². The third kappa shape index (κ3) is 6.65. The van der Waals surface area contributed by atoms with Crippen LogP contribution in [0.1, 0.15) is 41.8 Å². The van der Waals surface area contributed by atoms with Crippen LogP contribution in [0, 0.1) is 5.82 Å². The number of halogens is 1. The number of thiophene rings is 1. The molecule has 1 atom stereocenters. The molecule has 3 rings (SSSR count). The van der Waals surface area contributed by atoms with E-state index >= 15 is 0 Å². The van der Waals surface area contributed by atoms with Crippen LogP contribution in [0.5, 0.6) is 5.75 Å². The van der Waals surface area contributed by atoms with Gasteiger partial charge in [-0.05, 0) is 41.6 Å². The fraction of sp³-hybridized carbons (Fsp3) is 0.308. The minimum Gasteiger partial charge on any atom is -0.497 e. The lowest BCUT2D eigenvalue weighted by atomic mass is 10.0. The Bertz CT molecular complexity index is 1040. The number of ether oxygens (including phenoxy) is 1. The van der Waals surface area contributed by atoms with Crippen molar-refractivity contribution < 1.29 is 18.7 Å². The SMILES string of the molecule is CCCCN(C(=O)Cc1cccs1)[C@@H](C(=O)NCc1ccc(OC)cc1)c1ccccc1F. The molecule has 1 heterocycles. The maximum Gasteiger partial charge on any atom is 0.247 e. The molecule has 2 aromatic carbocycles. The van der Waals surface area contributed by atoms with Crippen molar-refractivity contribution in [1.82, 2.24) is 10.2 Å². The summed E-state index contributed by atoms with van der Waals surface area (Å²) in [5.41, 5.74) is 1.07. The largest absolute Gasteiger partial charge is 0.497 e. The van der Waals surface area contributed by atoms with Crippen LogP contribution in [0.3, 0.4) is 0 Å². The number of amides is 2. The van der Waals surface area contributed by atoms with Crippen molar-refractivity contribution >= 4 is 23.2 Å². The summed E-state index contributed by atoms with van der Waals surface area (Å²) in [6.07, 6.45) is 1.74. The Labute approximate surface area is 198 Å². The normalized spacial score (nSPS) is 11.6. The molecule has 0 spiro atoms. The zero-order chi connectivity index (χ0) is 23.6. The fourth-order valence-electron chi connectivity index (χ4n) is 3.57. The highest BCUT2D eigenvalue weighted by atomic mass is 32.1. The Hall–Kier alpha value is -3.19. The van der Waals surface area contributed by atoms with Crippen molar-refractivity contribution in [3.63, 3.8) is 0 Å². The van der Waals surface area contributed by atoms with Crippen molar-refractivity contribution in [2.45, 2.75) is 38.8 Å². The first-order valence-electron chi connectivity index (χ1n) is 11.0. The standard InChI is InChI=1S/C26H29FN2O3S/c1-3-4-15-29(24(30)17-21-8-7-16-33-21)25(22-9-5-6-10-23(22)27)26(31)28-18-19-11-13-20(32-2)14-12-19/h5-14,16,25H,3-4,15,17-18H2,1-2H3,(H,28,31)/t25-/m1/s1. The van der Waals surface area contributed by atoms with Gasteiger partial charge in [-0.25, -0.2) is 4.39 Å². The summed E-state index contributed by atoms with van der Waals surface area (Å²) in [6.45, 7) is 2.65. The lowest BCUT2D eigenvalue weighted by molar-refractivity contribution is -0.140. The Balaban J connectivity index is 1.87. The Kier molecular flexibility index (Phi) is 9.01. The van der Waals surface area contributed by atoms with Gasteiger partial charge in [0.05, 0.1) is 13.5 Å². The molecule has 174 valence electrons. The van der Waals surface area contributed by atoms with E-state index in [1.54, 1.807) is 25.3 Å². The van der Waals surface area contributed by atoms with Gasteiger partial charge in [-0.2, -0.15) is 0 Å². The lowest BCUT2D eigenvalue weighted by Gasteiger charge is -2.31. The summed E-state index contributed by atoms with van der Waals surface area (Å²) < 4.78 is 20.0. The number of nitrogens with zero attached hydrogens (tertiary/aromatic N) is 1. The molecule has 0 aliphatic rings. The number of rotatable bonds is 11. The van der Waals surface area contributed by atoms with Crippen LogP contribution in [-0.4, -0.2) is 30.4 Å². The summed E-state index contributed by atoms with van der Waals surface area (Å²) in [6, 6.07) is 16.2. The minimum atomic E-state index is -1.05. The summed E-state index contributed by atoms with van der Waals surface area (Å²) in [5.74, 6) is -0.392. The predicted molar refractivity (Wildman–Crippen MR) is 129 cm³/mol. The molecule has 0 aliphatic heterocycles. The van der Waals surface area contributed by atoms with Crippen LogP contribution in [0.4, 0.5) is 4.39 Å². The summed E-state index contributed by atoms with van der Waals surface area (Å²) >= 11 is 1.49. The van der Waals surface area contributed by atoms with Crippen molar-refractivity contribution in [2.75, 3.05) is 13.7 Å². The molecule has 2 amide bonds. The van der Waals surface area contributed by atoms with Crippen molar-refractivity contribution in [3.05, 3.63) is 87.9 Å². The first kappa shape index (κ1) is 24.5. The molecule has 1 aromatic heterocycles. The quantitative estimate of drug-likeness (QED) is 0.425. The third-order valence-electron chi connectivity index (χ3n) is 5.36. The predicted octanol–water partition coefficient (Wildman–Crippen LogP) is 5.12.